The van der Waals surface area contributed by atoms with Crippen LogP contribution < -0.4 is 0 Å². The van der Waals surface area contributed by atoms with Gasteiger partial charge in [-0.05, 0) is 11.6 Å². The molecule has 1 aliphatic rings. The average Bonchev–Trinajstić information content (AvgIpc) is 2.94. The third-order valence-corrected chi connectivity index (χ3v) is 3.74. The number of benzene rings is 1. The van der Waals surface area contributed by atoms with Crippen LogP contribution in [0.15, 0.2) is 49.1 Å². The van der Waals surface area contributed by atoms with Gasteiger partial charge in [0, 0.05) is 17.9 Å². The van der Waals surface area contributed by atoms with Crippen LogP contribution in [-0.4, -0.2) is 26.8 Å². The summed E-state index contributed by atoms with van der Waals surface area (Å²) < 4.78 is 1.14. The second kappa shape index (κ2) is 5.44. The van der Waals surface area contributed by atoms with Crippen molar-refractivity contribution in [3.63, 3.8) is 0 Å². The van der Waals surface area contributed by atoms with Gasteiger partial charge in [-0.3, -0.25) is 4.79 Å². The maximum Gasteiger partial charge on any atom is 0.357 e. The lowest BCUT2D eigenvalue weighted by Crippen LogP contribution is -2.16. The Morgan fingerprint density at radius 2 is 2.05 bits per heavy atom. The first kappa shape index (κ1) is 14.0. The number of aromatic carboxylic acids is 1. The predicted molar refractivity (Wildman–Crippen MR) is 81.9 cm³/mol. The number of hydrogen-bond donors (Lipinski definition) is 1. The van der Waals surface area contributed by atoms with Crippen LogP contribution >= 0.6 is 0 Å². The van der Waals surface area contributed by atoms with Gasteiger partial charge in [0.2, 0.25) is 0 Å². The lowest BCUT2D eigenvalue weighted by atomic mass is 9.88. The monoisotopic (exact) mass is 294 g/mol. The minimum Gasteiger partial charge on any atom is -0.476 e. The molecule has 5 nitrogen and oxygen atoms in total. The summed E-state index contributed by atoms with van der Waals surface area (Å²) >= 11 is 0. The Balaban J connectivity index is 2.08. The van der Waals surface area contributed by atoms with E-state index in [2.05, 4.69) is 11.7 Å². The number of carboxylic acids is 1. The van der Waals surface area contributed by atoms with Gasteiger partial charge < -0.3 is 5.11 Å². The topological polar surface area (TPSA) is 72.2 Å². The van der Waals surface area contributed by atoms with Crippen molar-refractivity contribution in [1.82, 2.24) is 9.78 Å². The molecule has 1 atom stereocenters. The lowest BCUT2D eigenvalue weighted by Gasteiger charge is -2.18. The number of carboxylic acid groups (broad SMARTS) is 1. The molecule has 5 heteroatoms. The average molecular weight is 294 g/mol. The van der Waals surface area contributed by atoms with Crippen molar-refractivity contribution >= 4 is 18.0 Å². The third kappa shape index (κ3) is 2.26. The minimum atomic E-state index is -1.14. The zero-order valence-electron chi connectivity index (χ0n) is 11.8. The van der Waals surface area contributed by atoms with Gasteiger partial charge in [0.25, 0.3) is 5.91 Å². The molecule has 0 aliphatic heterocycles. The van der Waals surface area contributed by atoms with Crippen molar-refractivity contribution in [2.75, 3.05) is 0 Å². The Morgan fingerprint density at radius 3 is 2.68 bits per heavy atom. The molecule has 110 valence electrons. The van der Waals surface area contributed by atoms with Crippen molar-refractivity contribution in [3.05, 3.63) is 71.6 Å². The quantitative estimate of drug-likeness (QED) is 0.883. The molecule has 1 N–H and O–H groups in total. The number of carbonyl (C=O) groups is 2. The lowest BCUT2D eigenvalue weighted by molar-refractivity contribution is 0.0689. The van der Waals surface area contributed by atoms with Crippen LogP contribution in [0.5, 0.6) is 0 Å². The molecule has 1 heterocycles. The molecule has 0 saturated carbocycles. The molecule has 1 aliphatic carbocycles. The second-order valence-electron chi connectivity index (χ2n) is 5.05. The zero-order chi connectivity index (χ0) is 15.7. The molecule has 0 bridgehead atoms. The highest BCUT2D eigenvalue weighted by Crippen LogP contribution is 2.31. The highest BCUT2D eigenvalue weighted by molar-refractivity contribution is 5.95. The van der Waals surface area contributed by atoms with Gasteiger partial charge in [-0.1, -0.05) is 49.1 Å². The molecule has 1 aromatic carbocycles. The predicted octanol–water partition coefficient (Wildman–Crippen LogP) is 2.76. The van der Waals surface area contributed by atoms with E-state index >= 15 is 0 Å². The van der Waals surface area contributed by atoms with Gasteiger partial charge in [-0.25, -0.2) is 4.79 Å². The van der Waals surface area contributed by atoms with Crippen LogP contribution in [0.4, 0.5) is 0 Å². The van der Waals surface area contributed by atoms with Crippen molar-refractivity contribution in [2.45, 2.75) is 12.3 Å². The Kier molecular flexibility index (Phi) is 3.47. The number of allylic oxidation sites excluding steroid dienone is 2. The van der Waals surface area contributed by atoms with E-state index in [-0.39, 0.29) is 11.6 Å². The molecule has 22 heavy (non-hydrogen) atoms. The van der Waals surface area contributed by atoms with Crippen LogP contribution in [0.3, 0.4) is 0 Å². The first-order valence-corrected chi connectivity index (χ1v) is 6.87. The fraction of sp³-hybridized carbons (Fsp3) is 0.118. The summed E-state index contributed by atoms with van der Waals surface area (Å²) in [7, 11) is 0. The van der Waals surface area contributed by atoms with Crippen LogP contribution in [0.25, 0.3) is 6.08 Å². The summed E-state index contributed by atoms with van der Waals surface area (Å²) in [6.45, 7) is 3.44. The summed E-state index contributed by atoms with van der Waals surface area (Å²) in [6, 6.07) is 9.86. The van der Waals surface area contributed by atoms with Crippen molar-refractivity contribution < 1.29 is 14.7 Å². The number of aromatic nitrogens is 2. The van der Waals surface area contributed by atoms with E-state index in [0.717, 1.165) is 16.3 Å². The summed E-state index contributed by atoms with van der Waals surface area (Å²) in [5.41, 5.74) is 2.11. The van der Waals surface area contributed by atoms with Crippen LogP contribution in [0, 0.1) is 0 Å². The van der Waals surface area contributed by atoms with Gasteiger partial charge in [0.05, 0.1) is 5.69 Å². The molecule has 0 amide bonds. The molecule has 1 unspecified atom stereocenters. The highest BCUT2D eigenvalue weighted by Gasteiger charge is 2.27. The van der Waals surface area contributed by atoms with Gasteiger partial charge >= 0.3 is 5.97 Å². The van der Waals surface area contributed by atoms with E-state index in [9.17, 15) is 14.7 Å². The molecule has 0 fully saturated rings. The normalized spacial score (nSPS) is 16.1. The molecular weight excluding hydrogens is 280 g/mol. The molecule has 2 aromatic rings. The first-order valence-electron chi connectivity index (χ1n) is 6.87. The SMILES string of the molecule is C=CC(=O)n1nc(C(=O)O)c2c1CC(c1ccccc1)C=C2. The van der Waals surface area contributed by atoms with E-state index in [0.29, 0.717) is 17.7 Å². The van der Waals surface area contributed by atoms with Crippen LogP contribution in [0.1, 0.15) is 38.0 Å². The summed E-state index contributed by atoms with van der Waals surface area (Å²) in [6.07, 6.45) is 5.35. The molecule has 3 rings (SSSR count). The Labute approximate surface area is 127 Å². The second-order valence-corrected chi connectivity index (χ2v) is 5.05. The van der Waals surface area contributed by atoms with E-state index in [1.807, 2.05) is 36.4 Å². The Bertz CT molecular complexity index is 788. The number of hydrogen-bond acceptors (Lipinski definition) is 3. The number of nitrogens with zero attached hydrogens (tertiary/aromatic N) is 2. The Hall–Kier alpha value is -2.95. The summed E-state index contributed by atoms with van der Waals surface area (Å²) in [5, 5.41) is 13.2. The van der Waals surface area contributed by atoms with E-state index in [1.165, 1.54) is 0 Å². The molecular formula is C17H14N2O3. The fourth-order valence-electron chi connectivity index (χ4n) is 2.68. The van der Waals surface area contributed by atoms with Crippen molar-refractivity contribution in [3.8, 4) is 0 Å². The van der Waals surface area contributed by atoms with Gasteiger partial charge in [0.15, 0.2) is 5.69 Å². The maximum absolute atomic E-state index is 11.9. The molecule has 0 radical (unpaired) electrons. The zero-order valence-corrected chi connectivity index (χ0v) is 11.8. The third-order valence-electron chi connectivity index (χ3n) is 3.74. The van der Waals surface area contributed by atoms with Crippen molar-refractivity contribution in [2.24, 2.45) is 0 Å². The molecule has 0 saturated heterocycles. The number of carbonyl (C=O) groups excluding carboxylic acids is 1. The number of fused-ring (bicyclic) bond motifs is 1. The van der Waals surface area contributed by atoms with Crippen LogP contribution in [0.2, 0.25) is 0 Å². The summed E-state index contributed by atoms with van der Waals surface area (Å²) in [4.78, 5) is 23.2. The number of rotatable bonds is 3. The standard InChI is InChI=1S/C17H14N2O3/c1-2-15(20)19-14-10-12(11-6-4-3-5-7-11)8-9-13(14)16(18-19)17(21)22/h2-9,12H,1,10H2,(H,21,22). The van der Waals surface area contributed by atoms with Gasteiger partial charge in [-0.2, -0.15) is 9.78 Å². The highest BCUT2D eigenvalue weighted by atomic mass is 16.4. The van der Waals surface area contributed by atoms with Crippen molar-refractivity contribution in [1.29, 1.82) is 0 Å². The maximum atomic E-state index is 11.9. The molecule has 1 aromatic heterocycles. The summed E-state index contributed by atoms with van der Waals surface area (Å²) in [5.74, 6) is -1.48. The smallest absolute Gasteiger partial charge is 0.357 e. The van der Waals surface area contributed by atoms with Gasteiger partial charge in [-0.15, -0.1) is 0 Å². The minimum absolute atomic E-state index is 0.0865. The first-order chi connectivity index (χ1) is 10.6. The largest absolute Gasteiger partial charge is 0.476 e. The van der Waals surface area contributed by atoms with Crippen LogP contribution in [-0.2, 0) is 6.42 Å². The Morgan fingerprint density at radius 1 is 1.32 bits per heavy atom. The molecule has 0 spiro atoms. The van der Waals surface area contributed by atoms with Gasteiger partial charge in [0.1, 0.15) is 0 Å². The van der Waals surface area contributed by atoms with E-state index < -0.39 is 11.9 Å². The fourth-order valence-corrected chi connectivity index (χ4v) is 2.68. The van der Waals surface area contributed by atoms with E-state index in [1.54, 1.807) is 6.08 Å². The van der Waals surface area contributed by atoms with E-state index in [4.69, 9.17) is 0 Å².